The molecule has 0 radical (unpaired) electrons. The van der Waals surface area contributed by atoms with Crippen molar-refractivity contribution in [2.24, 2.45) is 0 Å². The van der Waals surface area contributed by atoms with Crippen molar-refractivity contribution in [3.05, 3.63) is 102 Å². The van der Waals surface area contributed by atoms with Gasteiger partial charge in [-0.15, -0.1) is 23.5 Å². The highest BCUT2D eigenvalue weighted by molar-refractivity contribution is 8.17. The Bertz CT molecular complexity index is 823. The quantitative estimate of drug-likeness (QED) is 0.548. The van der Waals surface area contributed by atoms with Crippen LogP contribution in [-0.4, -0.2) is 4.58 Å². The minimum Gasteiger partial charge on any atom is -0.107 e. The fourth-order valence-electron chi connectivity index (χ4n) is 2.74. The lowest BCUT2D eigenvalue weighted by molar-refractivity contribution is 1.34. The van der Waals surface area contributed by atoms with E-state index in [1.807, 2.05) is 23.5 Å². The van der Waals surface area contributed by atoms with Gasteiger partial charge in [0, 0.05) is 9.79 Å². The Labute approximate surface area is 145 Å². The third kappa shape index (κ3) is 3.24. The SMILES string of the molecule is C1=C(c2ccccc2)c2ccccc2SC1Sc1ccccc1. The van der Waals surface area contributed by atoms with Crippen molar-refractivity contribution in [2.45, 2.75) is 14.4 Å². The van der Waals surface area contributed by atoms with Gasteiger partial charge in [0.25, 0.3) is 0 Å². The Morgan fingerprint density at radius 1 is 0.696 bits per heavy atom. The molecule has 0 N–H and O–H groups in total. The monoisotopic (exact) mass is 332 g/mol. The summed E-state index contributed by atoms with van der Waals surface area (Å²) in [7, 11) is 0. The fraction of sp³-hybridized carbons (Fsp3) is 0.0476. The van der Waals surface area contributed by atoms with Crippen molar-refractivity contribution in [3.63, 3.8) is 0 Å². The van der Waals surface area contributed by atoms with Crippen LogP contribution in [0.1, 0.15) is 11.1 Å². The number of benzene rings is 3. The van der Waals surface area contributed by atoms with Gasteiger partial charge in [-0.05, 0) is 34.9 Å². The van der Waals surface area contributed by atoms with Gasteiger partial charge in [-0.3, -0.25) is 0 Å². The fourth-order valence-corrected chi connectivity index (χ4v) is 5.28. The summed E-state index contributed by atoms with van der Waals surface area (Å²) in [4.78, 5) is 2.68. The van der Waals surface area contributed by atoms with Crippen molar-refractivity contribution >= 4 is 29.1 Å². The highest BCUT2D eigenvalue weighted by atomic mass is 32.2. The van der Waals surface area contributed by atoms with E-state index < -0.39 is 0 Å². The van der Waals surface area contributed by atoms with E-state index >= 15 is 0 Å². The largest absolute Gasteiger partial charge is 0.107 e. The summed E-state index contributed by atoms with van der Waals surface area (Å²) >= 11 is 3.85. The maximum Gasteiger partial charge on any atom is 0.0785 e. The van der Waals surface area contributed by atoms with E-state index in [0.29, 0.717) is 4.58 Å². The molecule has 112 valence electrons. The lowest BCUT2D eigenvalue weighted by Gasteiger charge is -2.23. The molecule has 1 aliphatic heterocycles. The molecule has 0 nitrogen and oxygen atoms in total. The Kier molecular flexibility index (Phi) is 4.27. The van der Waals surface area contributed by atoms with E-state index in [1.165, 1.54) is 26.5 Å². The smallest absolute Gasteiger partial charge is 0.0785 e. The highest BCUT2D eigenvalue weighted by Gasteiger charge is 2.21. The van der Waals surface area contributed by atoms with Crippen molar-refractivity contribution < 1.29 is 0 Å². The molecule has 0 aromatic heterocycles. The zero-order valence-electron chi connectivity index (χ0n) is 12.6. The van der Waals surface area contributed by atoms with Gasteiger partial charge in [0.15, 0.2) is 0 Å². The molecule has 0 spiro atoms. The number of fused-ring (bicyclic) bond motifs is 1. The molecule has 0 saturated carbocycles. The van der Waals surface area contributed by atoms with Gasteiger partial charge >= 0.3 is 0 Å². The van der Waals surface area contributed by atoms with Gasteiger partial charge in [0.2, 0.25) is 0 Å². The Morgan fingerprint density at radius 2 is 1.35 bits per heavy atom. The molecule has 1 atom stereocenters. The van der Waals surface area contributed by atoms with Crippen LogP contribution in [0.25, 0.3) is 5.57 Å². The van der Waals surface area contributed by atoms with Crippen LogP contribution in [0.3, 0.4) is 0 Å². The molecule has 0 saturated heterocycles. The first-order valence-electron chi connectivity index (χ1n) is 7.65. The second-order valence-corrected chi connectivity index (χ2v) is 8.06. The van der Waals surface area contributed by atoms with Gasteiger partial charge in [0.05, 0.1) is 4.58 Å². The lowest BCUT2D eigenvalue weighted by Crippen LogP contribution is -2.03. The van der Waals surface area contributed by atoms with Crippen LogP contribution in [0.4, 0.5) is 0 Å². The molecule has 4 rings (SSSR count). The first-order chi connectivity index (χ1) is 11.4. The van der Waals surface area contributed by atoms with E-state index in [0.717, 1.165) is 0 Å². The standard InChI is InChI=1S/C21H16S2/c1-3-9-16(10-4-1)19-15-21(22-17-11-5-2-6-12-17)23-20-14-8-7-13-18(19)20/h1-15,21H. The van der Waals surface area contributed by atoms with E-state index in [-0.39, 0.29) is 0 Å². The first-order valence-corrected chi connectivity index (χ1v) is 9.41. The zero-order chi connectivity index (χ0) is 15.5. The lowest BCUT2D eigenvalue weighted by atomic mass is 9.97. The number of hydrogen-bond acceptors (Lipinski definition) is 2. The number of thioether (sulfide) groups is 2. The second-order valence-electron chi connectivity index (χ2n) is 5.36. The van der Waals surface area contributed by atoms with Crippen molar-refractivity contribution in [1.29, 1.82) is 0 Å². The maximum atomic E-state index is 2.40. The highest BCUT2D eigenvalue weighted by Crippen LogP contribution is 2.45. The third-order valence-electron chi connectivity index (χ3n) is 3.80. The molecule has 1 heterocycles. The average Bonchev–Trinajstić information content (AvgIpc) is 2.63. The number of hydrogen-bond donors (Lipinski definition) is 0. The summed E-state index contributed by atoms with van der Waals surface area (Å²) in [5.74, 6) is 0. The molecule has 1 aliphatic rings. The molecule has 0 amide bonds. The zero-order valence-corrected chi connectivity index (χ0v) is 14.2. The summed E-state index contributed by atoms with van der Waals surface area (Å²) in [5.41, 5.74) is 3.97. The van der Waals surface area contributed by atoms with Gasteiger partial charge in [-0.2, -0.15) is 0 Å². The van der Waals surface area contributed by atoms with Crippen molar-refractivity contribution in [1.82, 2.24) is 0 Å². The third-order valence-corrected chi connectivity index (χ3v) is 6.27. The van der Waals surface area contributed by atoms with Gasteiger partial charge in [0.1, 0.15) is 0 Å². The summed E-state index contributed by atoms with van der Waals surface area (Å²) < 4.78 is 0.391. The predicted octanol–water partition coefficient (Wildman–Crippen LogP) is 6.34. The Balaban J connectivity index is 1.73. The van der Waals surface area contributed by atoms with Crippen LogP contribution < -0.4 is 0 Å². The molecule has 0 bridgehead atoms. The molecule has 0 aliphatic carbocycles. The van der Waals surface area contributed by atoms with Crippen molar-refractivity contribution in [2.75, 3.05) is 0 Å². The van der Waals surface area contributed by atoms with Gasteiger partial charge < -0.3 is 0 Å². The predicted molar refractivity (Wildman–Crippen MR) is 102 cm³/mol. The molecule has 3 aromatic carbocycles. The average molecular weight is 332 g/mol. The topological polar surface area (TPSA) is 0 Å². The van der Waals surface area contributed by atoms with Crippen molar-refractivity contribution in [3.8, 4) is 0 Å². The van der Waals surface area contributed by atoms with E-state index in [1.54, 1.807) is 0 Å². The normalized spacial score (nSPS) is 16.5. The Morgan fingerprint density at radius 3 is 2.13 bits per heavy atom. The molecule has 0 fully saturated rings. The minimum atomic E-state index is 0.391. The molecule has 23 heavy (non-hydrogen) atoms. The molecule has 1 unspecified atom stereocenters. The molecule has 3 aromatic rings. The second kappa shape index (κ2) is 6.69. The Hall–Kier alpha value is -1.90. The number of rotatable bonds is 3. The van der Waals surface area contributed by atoms with Gasteiger partial charge in [-0.25, -0.2) is 0 Å². The van der Waals surface area contributed by atoms with Crippen LogP contribution in [0, 0.1) is 0 Å². The summed E-state index contributed by atoms with van der Waals surface area (Å²) in [5, 5.41) is 0. The van der Waals surface area contributed by atoms with Crippen LogP contribution >= 0.6 is 23.5 Å². The van der Waals surface area contributed by atoms with E-state index in [4.69, 9.17) is 0 Å². The molecule has 2 heteroatoms. The summed E-state index contributed by atoms with van der Waals surface area (Å²) in [6.07, 6.45) is 2.40. The summed E-state index contributed by atoms with van der Waals surface area (Å²) in [6.45, 7) is 0. The summed E-state index contributed by atoms with van der Waals surface area (Å²) in [6, 6.07) is 30.0. The van der Waals surface area contributed by atoms with Crippen LogP contribution in [-0.2, 0) is 0 Å². The van der Waals surface area contributed by atoms with E-state index in [2.05, 4.69) is 91.0 Å². The molecular weight excluding hydrogens is 316 g/mol. The van der Waals surface area contributed by atoms with Crippen LogP contribution in [0.5, 0.6) is 0 Å². The maximum absolute atomic E-state index is 2.40. The van der Waals surface area contributed by atoms with Gasteiger partial charge in [-0.1, -0.05) is 72.8 Å². The minimum absolute atomic E-state index is 0.391. The first kappa shape index (κ1) is 14.7. The van der Waals surface area contributed by atoms with E-state index in [9.17, 15) is 0 Å². The molecular formula is C21H16S2. The van der Waals surface area contributed by atoms with Crippen LogP contribution in [0.15, 0.2) is 101 Å². The van der Waals surface area contributed by atoms with Crippen LogP contribution in [0.2, 0.25) is 0 Å².